The van der Waals surface area contributed by atoms with Crippen LogP contribution in [0.5, 0.6) is 0 Å². The van der Waals surface area contributed by atoms with Crippen LogP contribution in [0.25, 0.3) is 0 Å². The molecule has 1 aliphatic carbocycles. The van der Waals surface area contributed by atoms with Crippen LogP contribution in [0.15, 0.2) is 24.3 Å². The Kier molecular flexibility index (Phi) is 8.04. The summed E-state index contributed by atoms with van der Waals surface area (Å²) in [7, 11) is -1.11. The first-order chi connectivity index (χ1) is 17.8. The Hall–Kier alpha value is -2.92. The van der Waals surface area contributed by atoms with E-state index in [4.69, 9.17) is 18.6 Å². The molecule has 0 unspecified atom stereocenters. The second-order valence-electron chi connectivity index (χ2n) is 13.2. The molecule has 0 aromatic heterocycles. The summed E-state index contributed by atoms with van der Waals surface area (Å²) in [5, 5.41) is 2.94. The van der Waals surface area contributed by atoms with E-state index in [2.05, 4.69) is 5.32 Å². The normalized spacial score (nSPS) is 24.4. The SMILES string of the molecule is COC(=O)[C@@]1(O[Si](C)(C)C)C[C@@H]2C(=O)Nc3ccccc3[C@@]21CCN(C(=O)OC(C)(C)C)C(=O)OC(C)(C)C. The Bertz CT molecular complexity index is 1120. The van der Waals surface area contributed by atoms with Gasteiger partial charge in [0.2, 0.25) is 5.91 Å². The van der Waals surface area contributed by atoms with E-state index < -0.39 is 54.6 Å². The number of amides is 3. The molecule has 0 radical (unpaired) electrons. The van der Waals surface area contributed by atoms with Gasteiger partial charge in [0.25, 0.3) is 0 Å². The third kappa shape index (κ3) is 5.98. The third-order valence-corrected chi connectivity index (χ3v) is 7.70. The van der Waals surface area contributed by atoms with Gasteiger partial charge in [-0.25, -0.2) is 19.3 Å². The van der Waals surface area contributed by atoms with E-state index >= 15 is 0 Å². The van der Waals surface area contributed by atoms with E-state index in [1.165, 1.54) is 7.11 Å². The number of methoxy groups -OCH3 is 1. The van der Waals surface area contributed by atoms with Gasteiger partial charge in [-0.1, -0.05) is 18.2 Å². The molecule has 1 saturated carbocycles. The van der Waals surface area contributed by atoms with Gasteiger partial charge in [-0.05, 0) is 85.7 Å². The molecule has 2 aliphatic rings. The molecule has 1 N–H and O–H groups in total. The molecule has 1 fully saturated rings. The number of benzene rings is 1. The number of esters is 1. The van der Waals surface area contributed by atoms with Crippen LogP contribution in [0.3, 0.4) is 0 Å². The molecule has 1 aliphatic heterocycles. The Morgan fingerprint density at radius 3 is 2.03 bits per heavy atom. The van der Waals surface area contributed by atoms with Gasteiger partial charge in [0, 0.05) is 17.6 Å². The molecule has 1 aromatic carbocycles. The number of hydrogen-bond donors (Lipinski definition) is 1. The molecule has 0 spiro atoms. The lowest BCUT2D eigenvalue weighted by Gasteiger charge is -2.64. The molecule has 39 heavy (non-hydrogen) atoms. The second-order valence-corrected chi connectivity index (χ2v) is 17.6. The molecule has 10 nitrogen and oxygen atoms in total. The quantitative estimate of drug-likeness (QED) is 0.285. The van der Waals surface area contributed by atoms with E-state index in [1.807, 2.05) is 31.8 Å². The number of carbonyl (C=O) groups is 4. The van der Waals surface area contributed by atoms with Gasteiger partial charge in [-0.2, -0.15) is 0 Å². The Labute approximate surface area is 231 Å². The molecule has 1 heterocycles. The van der Waals surface area contributed by atoms with Crippen LogP contribution in [0, 0.1) is 5.92 Å². The highest BCUT2D eigenvalue weighted by Crippen LogP contribution is 2.64. The zero-order valence-corrected chi connectivity index (χ0v) is 25.7. The van der Waals surface area contributed by atoms with Crippen molar-refractivity contribution < 1.29 is 37.8 Å². The van der Waals surface area contributed by atoms with Crippen LogP contribution in [0.4, 0.5) is 15.3 Å². The number of hydrogen-bond acceptors (Lipinski definition) is 8. The summed E-state index contributed by atoms with van der Waals surface area (Å²) in [4.78, 5) is 54.4. The number of imide groups is 1. The van der Waals surface area contributed by atoms with E-state index in [1.54, 1.807) is 53.7 Å². The van der Waals surface area contributed by atoms with Crippen molar-refractivity contribution in [2.45, 2.75) is 96.2 Å². The van der Waals surface area contributed by atoms with E-state index in [-0.39, 0.29) is 25.3 Å². The van der Waals surface area contributed by atoms with Crippen molar-refractivity contribution in [2.75, 3.05) is 19.0 Å². The first-order valence-electron chi connectivity index (χ1n) is 13.2. The van der Waals surface area contributed by atoms with Crippen molar-refractivity contribution in [3.05, 3.63) is 29.8 Å². The Morgan fingerprint density at radius 2 is 1.54 bits per heavy atom. The molecular weight excluding hydrogens is 520 g/mol. The van der Waals surface area contributed by atoms with Crippen LogP contribution in [-0.4, -0.2) is 67.7 Å². The molecule has 0 bridgehead atoms. The number of anilines is 1. The van der Waals surface area contributed by atoms with Gasteiger partial charge in [0.1, 0.15) is 11.2 Å². The number of fused-ring (bicyclic) bond motifs is 3. The van der Waals surface area contributed by atoms with Crippen molar-refractivity contribution in [2.24, 2.45) is 5.92 Å². The Morgan fingerprint density at radius 1 is 1.00 bits per heavy atom. The maximum absolute atomic E-state index is 13.6. The summed E-state index contributed by atoms with van der Waals surface area (Å²) >= 11 is 0. The number of ether oxygens (including phenoxy) is 3. The lowest BCUT2D eigenvalue weighted by Crippen LogP contribution is -2.77. The van der Waals surface area contributed by atoms with Crippen molar-refractivity contribution in [3.8, 4) is 0 Å². The van der Waals surface area contributed by atoms with Crippen LogP contribution >= 0.6 is 0 Å². The van der Waals surface area contributed by atoms with Crippen molar-refractivity contribution in [1.29, 1.82) is 0 Å². The van der Waals surface area contributed by atoms with Gasteiger partial charge in [0.05, 0.1) is 13.0 Å². The summed E-state index contributed by atoms with van der Waals surface area (Å²) in [6, 6.07) is 7.22. The zero-order chi connectivity index (χ0) is 29.6. The molecule has 1 aromatic rings. The minimum absolute atomic E-state index is 0.0418. The van der Waals surface area contributed by atoms with Crippen LogP contribution in [0.2, 0.25) is 19.6 Å². The number of carbonyl (C=O) groups excluding carboxylic acids is 4. The van der Waals surface area contributed by atoms with Gasteiger partial charge in [-0.3, -0.25) is 4.79 Å². The topological polar surface area (TPSA) is 120 Å². The third-order valence-electron chi connectivity index (χ3n) is 6.74. The van der Waals surface area contributed by atoms with E-state index in [0.29, 0.717) is 11.3 Å². The van der Waals surface area contributed by atoms with Crippen molar-refractivity contribution in [1.82, 2.24) is 4.90 Å². The van der Waals surface area contributed by atoms with Gasteiger partial charge >= 0.3 is 18.2 Å². The largest absolute Gasteiger partial charge is 0.467 e. The number of para-hydroxylation sites is 1. The highest BCUT2D eigenvalue weighted by Gasteiger charge is 2.75. The summed E-state index contributed by atoms with van der Waals surface area (Å²) < 4.78 is 23.0. The Balaban J connectivity index is 2.16. The van der Waals surface area contributed by atoms with E-state index in [9.17, 15) is 19.2 Å². The van der Waals surface area contributed by atoms with Gasteiger partial charge in [0.15, 0.2) is 13.9 Å². The summed E-state index contributed by atoms with van der Waals surface area (Å²) in [5.41, 5.74) is -3.20. The highest BCUT2D eigenvalue weighted by molar-refractivity contribution is 6.70. The maximum Gasteiger partial charge on any atom is 0.419 e. The van der Waals surface area contributed by atoms with Gasteiger partial charge in [-0.15, -0.1) is 0 Å². The average Bonchev–Trinajstić information content (AvgIpc) is 2.75. The fraction of sp³-hybridized carbons (Fsp3) is 0.643. The first-order valence-corrected chi connectivity index (χ1v) is 16.6. The van der Waals surface area contributed by atoms with Crippen LogP contribution in [-0.2, 0) is 33.6 Å². The second kappa shape index (κ2) is 10.2. The molecule has 0 saturated heterocycles. The fourth-order valence-electron chi connectivity index (χ4n) is 5.53. The van der Waals surface area contributed by atoms with E-state index in [0.717, 1.165) is 4.90 Å². The molecule has 3 atom stereocenters. The van der Waals surface area contributed by atoms with Crippen LogP contribution < -0.4 is 5.32 Å². The smallest absolute Gasteiger partial charge is 0.419 e. The predicted octanol–water partition coefficient (Wildman–Crippen LogP) is 5.22. The standard InChI is InChI=1S/C28H42N2O8Si/c1-25(2,3)36-23(33)30(24(34)37-26(4,5)6)16-15-27-18-13-11-12-14-20(18)29-21(31)19(27)17-28(27,22(32)35-7)38-39(8,9)10/h11-14,19H,15-17H2,1-10H3,(H,29,31)/t19-,27+,28+/m1/s1. The fourth-order valence-corrected chi connectivity index (χ4v) is 6.93. The molecule has 3 rings (SSSR count). The van der Waals surface area contributed by atoms with Crippen molar-refractivity contribution in [3.63, 3.8) is 0 Å². The summed E-state index contributed by atoms with van der Waals surface area (Å²) in [6.45, 7) is 15.9. The number of nitrogens with zero attached hydrogens (tertiary/aromatic N) is 1. The van der Waals surface area contributed by atoms with Gasteiger partial charge < -0.3 is 24.0 Å². The lowest BCUT2D eigenvalue weighted by atomic mass is 9.44. The summed E-state index contributed by atoms with van der Waals surface area (Å²) in [6.07, 6.45) is -1.61. The molecule has 216 valence electrons. The molecule has 3 amide bonds. The lowest BCUT2D eigenvalue weighted by molar-refractivity contribution is -0.201. The number of rotatable bonds is 6. The van der Waals surface area contributed by atoms with Crippen LogP contribution in [0.1, 0.15) is 59.9 Å². The average molecular weight is 563 g/mol. The zero-order valence-electron chi connectivity index (χ0n) is 24.7. The predicted molar refractivity (Wildman–Crippen MR) is 148 cm³/mol. The molecule has 11 heteroatoms. The highest BCUT2D eigenvalue weighted by atomic mass is 28.4. The minimum atomic E-state index is -2.40. The monoisotopic (exact) mass is 562 g/mol. The molecular formula is C28H42N2O8Si. The minimum Gasteiger partial charge on any atom is -0.467 e. The first kappa shape index (κ1) is 30.6. The number of nitrogens with one attached hydrogen (secondary N) is 1. The maximum atomic E-state index is 13.6. The van der Waals surface area contributed by atoms with Crippen molar-refractivity contribution >= 4 is 38.1 Å². The summed E-state index contributed by atoms with van der Waals surface area (Å²) in [5.74, 6) is -1.50.